The molecular formula is C23H29FIN5O2. The van der Waals surface area contributed by atoms with Crippen molar-refractivity contribution in [2.24, 2.45) is 23.2 Å². The van der Waals surface area contributed by atoms with Gasteiger partial charge in [0.2, 0.25) is 0 Å². The first kappa shape index (κ1) is 22.1. The first-order chi connectivity index (χ1) is 15.6. The van der Waals surface area contributed by atoms with Crippen molar-refractivity contribution in [3.8, 4) is 0 Å². The van der Waals surface area contributed by atoms with Gasteiger partial charge in [-0.3, -0.25) is 18.4 Å². The summed E-state index contributed by atoms with van der Waals surface area (Å²) in [7, 11) is 0. The first-order valence-corrected chi connectivity index (χ1v) is 13.0. The quantitative estimate of drug-likeness (QED) is 0.364. The minimum Gasteiger partial charge on any atom is -0.350 e. The van der Waals surface area contributed by atoms with Gasteiger partial charge >= 0.3 is 0 Å². The molecule has 0 spiro atoms. The molecule has 6 rings (SSSR count). The van der Waals surface area contributed by atoms with Crippen molar-refractivity contribution in [2.75, 3.05) is 30.7 Å². The highest BCUT2D eigenvalue weighted by atomic mass is 127. The highest BCUT2D eigenvalue weighted by Gasteiger charge is 2.59. The number of imidazole rings is 1. The van der Waals surface area contributed by atoms with Gasteiger partial charge in [0.25, 0.3) is 11.8 Å². The highest BCUT2D eigenvalue weighted by molar-refractivity contribution is 14.1. The standard InChI is InChI=1S/C23H29FIN5O2/c24-12-23(13-25)15-5-4-14(17(23)8-15)9-27-22(32)19-2-1-3-20-29-18(11-30(19)20)21(31)28-16-6-7-26-10-16/h1-3,11,14-17,26H,4-10,12-13H2,(H,27,32)(H,28,31)/t14-,15-,16?,17-,23?/m0/s1. The molecule has 5 atom stereocenters. The van der Waals surface area contributed by atoms with Crippen LogP contribution in [0.15, 0.2) is 24.4 Å². The molecule has 4 aliphatic rings. The lowest BCUT2D eigenvalue weighted by Gasteiger charge is -2.61. The van der Waals surface area contributed by atoms with Crippen LogP contribution < -0.4 is 16.0 Å². The Bertz CT molecular complexity index is 1010. The lowest BCUT2D eigenvalue weighted by Crippen LogP contribution is -2.59. The van der Waals surface area contributed by atoms with Gasteiger partial charge in [0, 0.05) is 35.2 Å². The van der Waals surface area contributed by atoms with E-state index >= 15 is 0 Å². The van der Waals surface area contributed by atoms with Gasteiger partial charge in [-0.15, -0.1) is 0 Å². The SMILES string of the molecule is O=C(NC1CCNC1)c1cn2c(C(=O)NC[C@@H]3CC[C@H]4C[C@@H]3C4(CF)CI)cccc2n1. The molecule has 0 aromatic carbocycles. The van der Waals surface area contributed by atoms with Crippen molar-refractivity contribution in [2.45, 2.75) is 31.7 Å². The van der Waals surface area contributed by atoms with Crippen molar-refractivity contribution in [3.05, 3.63) is 35.8 Å². The minimum absolute atomic E-state index is 0.107. The Hall–Kier alpha value is -1.75. The molecule has 2 unspecified atom stereocenters. The molecule has 172 valence electrons. The second kappa shape index (κ2) is 8.89. The van der Waals surface area contributed by atoms with Gasteiger partial charge in [-0.25, -0.2) is 4.98 Å². The zero-order valence-corrected chi connectivity index (χ0v) is 20.1. The third kappa shape index (κ3) is 3.70. The molecule has 3 N–H and O–H groups in total. The molecule has 1 saturated heterocycles. The number of amides is 2. The van der Waals surface area contributed by atoms with Crippen LogP contribution in [0.5, 0.6) is 0 Å². The summed E-state index contributed by atoms with van der Waals surface area (Å²) < 4.78 is 16.4. The molecule has 3 aliphatic carbocycles. The van der Waals surface area contributed by atoms with Crippen LogP contribution in [0, 0.1) is 23.2 Å². The topological polar surface area (TPSA) is 87.5 Å². The summed E-state index contributed by atoms with van der Waals surface area (Å²) in [5.41, 5.74) is 1.13. The summed E-state index contributed by atoms with van der Waals surface area (Å²) in [6, 6.07) is 5.41. The van der Waals surface area contributed by atoms with Crippen LogP contribution in [-0.2, 0) is 0 Å². The van der Waals surface area contributed by atoms with Gasteiger partial charge in [-0.1, -0.05) is 28.7 Å². The van der Waals surface area contributed by atoms with E-state index in [9.17, 15) is 14.0 Å². The smallest absolute Gasteiger partial charge is 0.271 e. The van der Waals surface area contributed by atoms with E-state index in [0.29, 0.717) is 41.3 Å². The molecule has 2 amide bonds. The summed E-state index contributed by atoms with van der Waals surface area (Å²) in [6.45, 7) is 1.96. The fourth-order valence-electron chi connectivity index (χ4n) is 5.96. The van der Waals surface area contributed by atoms with E-state index in [2.05, 4.69) is 43.5 Å². The Morgan fingerprint density at radius 1 is 1.28 bits per heavy atom. The first-order valence-electron chi connectivity index (χ1n) is 11.5. The number of nitrogens with zero attached hydrogens (tertiary/aromatic N) is 2. The third-order valence-corrected chi connectivity index (χ3v) is 9.34. The second-order valence-corrected chi connectivity index (χ2v) is 10.3. The van der Waals surface area contributed by atoms with E-state index in [1.54, 1.807) is 28.8 Å². The Morgan fingerprint density at radius 2 is 2.16 bits per heavy atom. The maximum atomic E-state index is 13.9. The Kier molecular flexibility index (Phi) is 6.13. The van der Waals surface area contributed by atoms with E-state index in [1.807, 2.05) is 0 Å². The number of fused-ring (bicyclic) bond motifs is 3. The number of carbonyl (C=O) groups excluding carboxylic acids is 2. The molecule has 2 aromatic rings. The minimum atomic E-state index is -0.258. The van der Waals surface area contributed by atoms with Crippen LogP contribution in [0.1, 0.15) is 46.7 Å². The molecule has 32 heavy (non-hydrogen) atoms. The number of hydrogen-bond donors (Lipinski definition) is 3. The highest BCUT2D eigenvalue weighted by Crippen LogP contribution is 2.62. The van der Waals surface area contributed by atoms with Crippen LogP contribution >= 0.6 is 22.6 Å². The lowest BCUT2D eigenvalue weighted by atomic mass is 9.45. The van der Waals surface area contributed by atoms with Gasteiger partial charge in [-0.05, 0) is 62.1 Å². The number of halogens is 2. The zero-order valence-electron chi connectivity index (χ0n) is 17.9. The van der Waals surface area contributed by atoms with Crippen molar-refractivity contribution >= 4 is 40.1 Å². The molecule has 2 bridgehead atoms. The van der Waals surface area contributed by atoms with Crippen molar-refractivity contribution in [3.63, 3.8) is 0 Å². The summed E-state index contributed by atoms with van der Waals surface area (Å²) >= 11 is 2.32. The maximum Gasteiger partial charge on any atom is 0.271 e. The van der Waals surface area contributed by atoms with Gasteiger partial charge in [0.1, 0.15) is 17.0 Å². The van der Waals surface area contributed by atoms with Crippen LogP contribution in [0.25, 0.3) is 5.65 Å². The monoisotopic (exact) mass is 553 g/mol. The summed E-state index contributed by atoms with van der Waals surface area (Å²) in [5, 5.41) is 9.29. The van der Waals surface area contributed by atoms with Crippen LogP contribution in [0.2, 0.25) is 0 Å². The number of aromatic nitrogens is 2. The third-order valence-electron chi connectivity index (χ3n) is 7.92. The number of pyridine rings is 1. The predicted octanol–water partition coefficient (Wildman–Crippen LogP) is 2.59. The number of alkyl halides is 2. The Labute approximate surface area is 200 Å². The summed E-state index contributed by atoms with van der Waals surface area (Å²) in [4.78, 5) is 30.0. The average Bonchev–Trinajstić information content (AvgIpc) is 3.48. The summed E-state index contributed by atoms with van der Waals surface area (Å²) in [6.07, 6.45) is 5.71. The van der Waals surface area contributed by atoms with Gasteiger partial charge in [-0.2, -0.15) is 0 Å². The van der Waals surface area contributed by atoms with E-state index in [-0.39, 0.29) is 29.9 Å². The fraction of sp³-hybridized carbons (Fsp3) is 0.609. The number of hydrogen-bond acceptors (Lipinski definition) is 4. The van der Waals surface area contributed by atoms with Gasteiger partial charge in [0.15, 0.2) is 0 Å². The van der Waals surface area contributed by atoms with Crippen molar-refractivity contribution in [1.29, 1.82) is 0 Å². The normalized spacial score (nSPS) is 31.3. The predicted molar refractivity (Wildman–Crippen MR) is 128 cm³/mol. The van der Waals surface area contributed by atoms with E-state index in [0.717, 1.165) is 43.2 Å². The van der Waals surface area contributed by atoms with Gasteiger partial charge < -0.3 is 16.0 Å². The van der Waals surface area contributed by atoms with E-state index in [1.165, 1.54) is 0 Å². The largest absolute Gasteiger partial charge is 0.350 e. The van der Waals surface area contributed by atoms with Crippen LogP contribution in [-0.4, -0.2) is 58.0 Å². The number of carbonyl (C=O) groups is 2. The maximum absolute atomic E-state index is 13.9. The second-order valence-electron chi connectivity index (χ2n) is 9.52. The van der Waals surface area contributed by atoms with Crippen molar-refractivity contribution in [1.82, 2.24) is 25.3 Å². The summed E-state index contributed by atoms with van der Waals surface area (Å²) in [5.74, 6) is 0.759. The molecule has 7 nitrogen and oxygen atoms in total. The Balaban J connectivity index is 1.27. The zero-order chi connectivity index (χ0) is 22.3. The van der Waals surface area contributed by atoms with Gasteiger partial charge in [0.05, 0.1) is 6.67 Å². The van der Waals surface area contributed by atoms with Crippen LogP contribution in [0.4, 0.5) is 4.39 Å². The van der Waals surface area contributed by atoms with Crippen LogP contribution in [0.3, 0.4) is 0 Å². The van der Waals surface area contributed by atoms with E-state index in [4.69, 9.17) is 0 Å². The Morgan fingerprint density at radius 3 is 2.88 bits per heavy atom. The number of nitrogens with one attached hydrogen (secondary N) is 3. The molecule has 9 heteroatoms. The van der Waals surface area contributed by atoms with E-state index < -0.39 is 0 Å². The van der Waals surface area contributed by atoms with Crippen molar-refractivity contribution < 1.29 is 14.0 Å². The fourth-order valence-corrected chi connectivity index (χ4v) is 7.35. The number of rotatable bonds is 7. The molecule has 1 aliphatic heterocycles. The molecule has 4 fully saturated rings. The molecule has 3 heterocycles. The molecule has 3 saturated carbocycles. The molecular weight excluding hydrogens is 524 g/mol. The lowest BCUT2D eigenvalue weighted by molar-refractivity contribution is -0.122. The molecule has 0 radical (unpaired) electrons. The average molecular weight is 553 g/mol. The molecule has 2 aromatic heterocycles.